The second-order valence-electron chi connectivity index (χ2n) is 13.8. The highest BCUT2D eigenvalue weighted by atomic mass is 14.9. The fourth-order valence-electron chi connectivity index (χ4n) is 6.59. The fraction of sp³-hybridized carbons (Fsp3) is 0.878. The van der Waals surface area contributed by atoms with E-state index in [0.717, 1.165) is 0 Å². The monoisotopic (exact) mass is 585 g/mol. The van der Waals surface area contributed by atoms with Crippen LogP contribution in [0.5, 0.6) is 0 Å². The molecule has 0 bridgehead atoms. The smallest absolute Gasteiger partial charge is 0.171 e. The number of aryl methyl sites for hydroxylation is 3. The zero-order valence-corrected chi connectivity index (χ0v) is 29.5. The summed E-state index contributed by atoms with van der Waals surface area (Å²) in [5.74, 6) is 0. The van der Waals surface area contributed by atoms with Crippen molar-refractivity contribution in [1.29, 1.82) is 0 Å². The zero-order chi connectivity index (χ0) is 30.2. The summed E-state index contributed by atoms with van der Waals surface area (Å²) < 4.78 is 2.57. The molecule has 1 aromatic rings. The molecule has 1 rings (SSSR count). The Kier molecular flexibility index (Phi) is 29.4. The second kappa shape index (κ2) is 31.6. The predicted molar refractivity (Wildman–Crippen MR) is 190 cm³/mol. The van der Waals surface area contributed by atoms with E-state index in [2.05, 4.69) is 43.8 Å². The lowest BCUT2D eigenvalue weighted by atomic mass is 10.0. The van der Waals surface area contributed by atoms with Crippen LogP contribution in [0.15, 0.2) is 18.5 Å². The minimum Gasteiger partial charge on any atom is -0.205 e. The second-order valence-corrected chi connectivity index (χ2v) is 13.8. The summed E-state index contributed by atoms with van der Waals surface area (Å²) in [5.41, 5.74) is 3.21. The van der Waals surface area contributed by atoms with Crippen molar-refractivity contribution >= 4 is 0 Å². The van der Waals surface area contributed by atoms with E-state index in [9.17, 15) is 0 Å². The number of hydrogen-bond acceptors (Lipinski definition) is 0. The molecule has 1 heterocycles. The third-order valence-electron chi connectivity index (χ3n) is 9.44. The van der Waals surface area contributed by atoms with Gasteiger partial charge in [0, 0.05) is 17.5 Å². The first-order valence-corrected chi connectivity index (χ1v) is 19.8. The lowest BCUT2D eigenvalue weighted by molar-refractivity contribution is -0.698. The largest absolute Gasteiger partial charge is 0.205 e. The first-order valence-electron chi connectivity index (χ1n) is 19.8. The molecule has 1 aromatic heterocycles. The molecule has 1 nitrogen and oxygen atoms in total. The lowest BCUT2D eigenvalue weighted by Gasteiger charge is -2.07. The van der Waals surface area contributed by atoms with E-state index >= 15 is 0 Å². The molecule has 0 saturated carbocycles. The normalized spacial score (nSPS) is 11.5. The van der Waals surface area contributed by atoms with Gasteiger partial charge in [0.15, 0.2) is 12.4 Å². The van der Waals surface area contributed by atoms with Gasteiger partial charge in [-0.2, -0.15) is 0 Å². The summed E-state index contributed by atoms with van der Waals surface area (Å²) in [7, 11) is 0. The van der Waals surface area contributed by atoms with Crippen molar-refractivity contribution in [2.45, 2.75) is 233 Å². The van der Waals surface area contributed by atoms with Crippen molar-refractivity contribution in [3.63, 3.8) is 0 Å². The lowest BCUT2D eigenvalue weighted by Crippen LogP contribution is -2.34. The fourth-order valence-corrected chi connectivity index (χ4v) is 6.59. The molecule has 0 atom stereocenters. The summed E-state index contributed by atoms with van der Waals surface area (Å²) in [5, 5.41) is 0. The first-order chi connectivity index (χ1) is 20.8. The minimum atomic E-state index is 1.21. The molecule has 0 aliphatic carbocycles. The van der Waals surface area contributed by atoms with Gasteiger partial charge in [-0.3, -0.25) is 0 Å². The van der Waals surface area contributed by atoms with Crippen LogP contribution >= 0.6 is 0 Å². The summed E-state index contributed by atoms with van der Waals surface area (Å²) in [6.07, 6.45) is 50.3. The molecule has 0 N–H and O–H groups in total. The third kappa shape index (κ3) is 25.6. The van der Waals surface area contributed by atoms with Crippen molar-refractivity contribution in [2.24, 2.45) is 0 Å². The minimum absolute atomic E-state index is 1.21. The van der Waals surface area contributed by atoms with Crippen molar-refractivity contribution < 1.29 is 4.57 Å². The van der Waals surface area contributed by atoms with Gasteiger partial charge in [-0.25, -0.2) is 4.57 Å². The van der Waals surface area contributed by atoms with Gasteiger partial charge in [0.25, 0.3) is 0 Å². The standard InChI is InChI=1S/C41H78N/c1-4-7-10-13-16-19-21-23-25-28-31-34-40-37-41(35-32-29-26-24-22-20-17-14-11-8-5-2)39-42(38-40)36-33-30-27-18-15-12-9-6-3/h37-39H,4-36H2,1-3H3/q+1. The number of unbranched alkanes of at least 4 members (excludes halogenated alkanes) is 27. The van der Waals surface area contributed by atoms with Gasteiger partial charge < -0.3 is 0 Å². The van der Waals surface area contributed by atoms with Crippen molar-refractivity contribution in [3.8, 4) is 0 Å². The highest BCUT2D eigenvalue weighted by Gasteiger charge is 2.09. The van der Waals surface area contributed by atoms with Gasteiger partial charge in [0.1, 0.15) is 6.54 Å². The quantitative estimate of drug-likeness (QED) is 0.0571. The SMILES string of the molecule is CCCCCCCCCCCCCc1cc(CCCCCCCCCCCCC)c[n+](CCCCCCCCCC)c1. The molecule has 0 radical (unpaired) electrons. The Hall–Kier alpha value is -0.850. The van der Waals surface area contributed by atoms with E-state index in [1.807, 2.05) is 0 Å². The third-order valence-corrected chi connectivity index (χ3v) is 9.44. The van der Waals surface area contributed by atoms with E-state index in [0.29, 0.717) is 0 Å². The molecule has 0 aliphatic heterocycles. The van der Waals surface area contributed by atoms with Gasteiger partial charge >= 0.3 is 0 Å². The Bertz CT molecular complexity index is 621. The highest BCUT2D eigenvalue weighted by Crippen LogP contribution is 2.16. The van der Waals surface area contributed by atoms with Crippen LogP contribution in [0.25, 0.3) is 0 Å². The van der Waals surface area contributed by atoms with E-state index < -0.39 is 0 Å². The van der Waals surface area contributed by atoms with Crippen LogP contribution in [-0.2, 0) is 19.4 Å². The zero-order valence-electron chi connectivity index (χ0n) is 29.5. The van der Waals surface area contributed by atoms with Crippen LogP contribution in [-0.4, -0.2) is 0 Å². The Morgan fingerprint density at radius 2 is 0.595 bits per heavy atom. The Balaban J connectivity index is 2.34. The Labute approximate surface area is 266 Å². The Morgan fingerprint density at radius 1 is 0.333 bits per heavy atom. The van der Waals surface area contributed by atoms with Crippen molar-refractivity contribution in [3.05, 3.63) is 29.6 Å². The predicted octanol–water partition coefficient (Wildman–Crippen LogP) is 13.8. The molecule has 0 fully saturated rings. The summed E-state index contributed by atoms with van der Waals surface area (Å²) in [6, 6.07) is 2.57. The number of pyridine rings is 1. The van der Waals surface area contributed by atoms with Gasteiger partial charge in [-0.1, -0.05) is 188 Å². The van der Waals surface area contributed by atoms with Crippen LogP contribution in [0.4, 0.5) is 0 Å². The van der Waals surface area contributed by atoms with Crippen LogP contribution in [0.3, 0.4) is 0 Å². The molecule has 246 valence electrons. The van der Waals surface area contributed by atoms with E-state index in [1.165, 1.54) is 212 Å². The molecular weight excluding hydrogens is 506 g/mol. The molecule has 0 amide bonds. The summed E-state index contributed by atoms with van der Waals surface area (Å²) in [4.78, 5) is 0. The first kappa shape index (κ1) is 39.2. The number of nitrogens with zero attached hydrogens (tertiary/aromatic N) is 1. The molecule has 42 heavy (non-hydrogen) atoms. The maximum atomic E-state index is 2.57. The summed E-state index contributed by atoms with van der Waals surface area (Å²) >= 11 is 0. The average molecular weight is 585 g/mol. The molecule has 0 spiro atoms. The van der Waals surface area contributed by atoms with E-state index in [4.69, 9.17) is 0 Å². The maximum absolute atomic E-state index is 2.57. The van der Waals surface area contributed by atoms with E-state index in [1.54, 1.807) is 11.1 Å². The van der Waals surface area contributed by atoms with Crippen molar-refractivity contribution in [2.75, 3.05) is 0 Å². The van der Waals surface area contributed by atoms with Crippen LogP contribution < -0.4 is 4.57 Å². The maximum Gasteiger partial charge on any atom is 0.171 e. The van der Waals surface area contributed by atoms with Crippen LogP contribution in [0, 0.1) is 0 Å². The number of aromatic nitrogens is 1. The molecular formula is C41H78N+. The van der Waals surface area contributed by atoms with Gasteiger partial charge in [-0.15, -0.1) is 0 Å². The molecule has 0 aliphatic rings. The summed E-state index contributed by atoms with van der Waals surface area (Å²) in [6.45, 7) is 8.15. The topological polar surface area (TPSA) is 3.88 Å². The van der Waals surface area contributed by atoms with Gasteiger partial charge in [-0.05, 0) is 38.2 Å². The van der Waals surface area contributed by atoms with Crippen molar-refractivity contribution in [1.82, 2.24) is 0 Å². The van der Waals surface area contributed by atoms with Crippen LogP contribution in [0.2, 0.25) is 0 Å². The van der Waals surface area contributed by atoms with E-state index in [-0.39, 0.29) is 0 Å². The number of hydrogen-bond donors (Lipinski definition) is 0. The Morgan fingerprint density at radius 3 is 0.905 bits per heavy atom. The van der Waals surface area contributed by atoms with Gasteiger partial charge in [0.05, 0.1) is 0 Å². The molecule has 0 unspecified atom stereocenters. The van der Waals surface area contributed by atoms with Crippen LogP contribution in [0.1, 0.15) is 225 Å². The molecule has 1 heteroatoms. The highest BCUT2D eigenvalue weighted by molar-refractivity contribution is 5.15. The number of rotatable bonds is 33. The average Bonchev–Trinajstić information content (AvgIpc) is 3.00. The van der Waals surface area contributed by atoms with Gasteiger partial charge in [0.2, 0.25) is 0 Å². The molecule has 0 aromatic carbocycles. The molecule has 0 saturated heterocycles.